The predicted octanol–water partition coefficient (Wildman–Crippen LogP) is 3.51. The minimum atomic E-state index is -0.464. The van der Waals surface area contributed by atoms with Gasteiger partial charge in [-0.3, -0.25) is 9.20 Å². The summed E-state index contributed by atoms with van der Waals surface area (Å²) in [5.74, 6) is 0.325. The monoisotopic (exact) mass is 341 g/mol. The zero-order valence-corrected chi connectivity index (χ0v) is 14.0. The third kappa shape index (κ3) is 2.43. The summed E-state index contributed by atoms with van der Waals surface area (Å²) in [7, 11) is 0. The van der Waals surface area contributed by atoms with Crippen LogP contribution in [0.2, 0.25) is 0 Å². The lowest BCUT2D eigenvalue weighted by Crippen LogP contribution is -2.10. The molecule has 2 aromatic carbocycles. The minimum absolute atomic E-state index is 0.449. The number of benzene rings is 2. The fourth-order valence-corrected chi connectivity index (χ4v) is 3.05. The van der Waals surface area contributed by atoms with Crippen molar-refractivity contribution in [3.63, 3.8) is 0 Å². The second kappa shape index (κ2) is 5.90. The number of nitriles is 1. The van der Waals surface area contributed by atoms with Crippen molar-refractivity contribution in [3.8, 4) is 6.07 Å². The van der Waals surface area contributed by atoms with Crippen LogP contribution in [0, 0.1) is 18.3 Å². The molecule has 2 aromatic heterocycles. The summed E-state index contributed by atoms with van der Waals surface area (Å²) < 4.78 is 1.93. The number of fused-ring (bicyclic) bond motifs is 3. The number of nitrogens with one attached hydrogen (secondary N) is 1. The van der Waals surface area contributed by atoms with E-state index in [-0.39, 0.29) is 0 Å². The maximum absolute atomic E-state index is 11.2. The van der Waals surface area contributed by atoms with Crippen LogP contribution in [-0.4, -0.2) is 15.3 Å². The Morgan fingerprint density at radius 1 is 1.19 bits per heavy atom. The molecule has 3 N–H and O–H groups in total. The predicted molar refractivity (Wildman–Crippen MR) is 100 cm³/mol. The van der Waals surface area contributed by atoms with Crippen molar-refractivity contribution < 1.29 is 4.79 Å². The largest absolute Gasteiger partial charge is 0.366 e. The molecule has 0 fully saturated rings. The van der Waals surface area contributed by atoms with Gasteiger partial charge in [-0.05, 0) is 55.0 Å². The summed E-state index contributed by atoms with van der Waals surface area (Å²) >= 11 is 0. The SMILES string of the molecule is Cc1cc(Nc2ccc(C(N)=O)cc2)n2c(nc3ccccc32)c1C#N. The van der Waals surface area contributed by atoms with Gasteiger partial charge in [0.2, 0.25) is 5.91 Å². The number of anilines is 2. The van der Waals surface area contributed by atoms with Crippen LogP contribution in [0.4, 0.5) is 11.5 Å². The Balaban J connectivity index is 1.92. The van der Waals surface area contributed by atoms with Crippen molar-refractivity contribution in [3.05, 3.63) is 71.3 Å². The van der Waals surface area contributed by atoms with Crippen molar-refractivity contribution in [1.29, 1.82) is 5.26 Å². The summed E-state index contributed by atoms with van der Waals surface area (Å²) in [4.78, 5) is 15.9. The van der Waals surface area contributed by atoms with E-state index in [9.17, 15) is 10.1 Å². The molecule has 2 heterocycles. The maximum atomic E-state index is 11.2. The standard InChI is InChI=1S/C20H15N5O/c1-12-10-18(23-14-8-6-13(7-9-14)19(22)26)25-17-5-3-2-4-16(17)24-20(25)15(12)11-21/h2-10,23H,1H3,(H2,22,26). The number of hydrogen-bond acceptors (Lipinski definition) is 4. The summed E-state index contributed by atoms with van der Waals surface area (Å²) in [6.45, 7) is 1.89. The number of aromatic nitrogens is 2. The van der Waals surface area contributed by atoms with Crippen LogP contribution in [0.3, 0.4) is 0 Å². The smallest absolute Gasteiger partial charge is 0.248 e. The number of nitrogens with two attached hydrogens (primary N) is 1. The zero-order chi connectivity index (χ0) is 18.3. The number of imidazole rings is 1. The molecule has 0 aliphatic carbocycles. The molecular weight excluding hydrogens is 326 g/mol. The van der Waals surface area contributed by atoms with Gasteiger partial charge in [0.15, 0.2) is 5.65 Å². The second-order valence-corrected chi connectivity index (χ2v) is 6.03. The molecule has 0 spiro atoms. The van der Waals surface area contributed by atoms with Crippen molar-refractivity contribution >= 4 is 34.1 Å². The van der Waals surface area contributed by atoms with Gasteiger partial charge in [-0.1, -0.05) is 12.1 Å². The summed E-state index contributed by atoms with van der Waals surface area (Å²) in [5.41, 5.74) is 10.3. The highest BCUT2D eigenvalue weighted by atomic mass is 16.1. The molecule has 6 heteroatoms. The molecule has 4 aromatic rings. The molecule has 6 nitrogen and oxygen atoms in total. The normalized spacial score (nSPS) is 10.8. The average molecular weight is 341 g/mol. The van der Waals surface area contributed by atoms with Crippen molar-refractivity contribution in [2.75, 3.05) is 5.32 Å². The first kappa shape index (κ1) is 15.7. The van der Waals surface area contributed by atoms with Crippen LogP contribution < -0.4 is 11.1 Å². The van der Waals surface area contributed by atoms with Gasteiger partial charge in [-0.15, -0.1) is 0 Å². The van der Waals surface area contributed by atoms with Crippen LogP contribution in [0.5, 0.6) is 0 Å². The van der Waals surface area contributed by atoms with Crippen molar-refractivity contribution in [2.45, 2.75) is 6.92 Å². The number of para-hydroxylation sites is 2. The van der Waals surface area contributed by atoms with Crippen LogP contribution in [-0.2, 0) is 0 Å². The van der Waals surface area contributed by atoms with Gasteiger partial charge in [-0.25, -0.2) is 4.98 Å². The van der Waals surface area contributed by atoms with E-state index in [1.165, 1.54) is 0 Å². The fraction of sp³-hybridized carbons (Fsp3) is 0.0500. The molecule has 126 valence electrons. The summed E-state index contributed by atoms with van der Waals surface area (Å²) in [6.07, 6.45) is 0. The topological polar surface area (TPSA) is 96.2 Å². The molecule has 0 atom stereocenters. The lowest BCUT2D eigenvalue weighted by molar-refractivity contribution is 0.100. The van der Waals surface area contributed by atoms with Crippen LogP contribution in [0.15, 0.2) is 54.6 Å². The van der Waals surface area contributed by atoms with E-state index in [2.05, 4.69) is 16.4 Å². The highest BCUT2D eigenvalue weighted by Gasteiger charge is 2.15. The molecule has 4 rings (SSSR count). The molecule has 0 radical (unpaired) electrons. The van der Waals surface area contributed by atoms with E-state index in [1.54, 1.807) is 24.3 Å². The average Bonchev–Trinajstić information content (AvgIpc) is 3.01. The number of carbonyl (C=O) groups is 1. The van der Waals surface area contributed by atoms with Gasteiger partial charge < -0.3 is 11.1 Å². The fourth-order valence-electron chi connectivity index (χ4n) is 3.05. The van der Waals surface area contributed by atoms with Gasteiger partial charge in [0.1, 0.15) is 11.9 Å². The quantitative estimate of drug-likeness (QED) is 0.596. The number of hydrogen-bond donors (Lipinski definition) is 2. The first-order valence-electron chi connectivity index (χ1n) is 8.06. The third-order valence-corrected chi connectivity index (χ3v) is 4.33. The van der Waals surface area contributed by atoms with Crippen molar-refractivity contribution in [2.24, 2.45) is 5.73 Å². The number of primary amides is 1. The van der Waals surface area contributed by atoms with Crippen LogP contribution in [0.1, 0.15) is 21.5 Å². The molecule has 0 saturated heterocycles. The minimum Gasteiger partial charge on any atom is -0.366 e. The molecule has 0 aliphatic rings. The lowest BCUT2D eigenvalue weighted by Gasteiger charge is -2.12. The molecule has 0 bridgehead atoms. The Labute approximate surface area is 149 Å². The number of amides is 1. The van der Waals surface area contributed by atoms with Crippen LogP contribution >= 0.6 is 0 Å². The zero-order valence-electron chi connectivity index (χ0n) is 14.0. The molecule has 0 aliphatic heterocycles. The molecular formula is C20H15N5O. The van der Waals surface area contributed by atoms with E-state index in [0.29, 0.717) is 16.8 Å². The number of carbonyl (C=O) groups excluding carboxylic acids is 1. The van der Waals surface area contributed by atoms with Crippen molar-refractivity contribution in [1.82, 2.24) is 9.38 Å². The number of pyridine rings is 1. The first-order valence-corrected chi connectivity index (χ1v) is 8.06. The number of aryl methyl sites for hydroxylation is 1. The van der Waals surface area contributed by atoms with Gasteiger partial charge in [0.25, 0.3) is 0 Å². The Bertz CT molecular complexity index is 1200. The maximum Gasteiger partial charge on any atom is 0.248 e. The highest BCUT2D eigenvalue weighted by molar-refractivity contribution is 5.93. The molecule has 26 heavy (non-hydrogen) atoms. The summed E-state index contributed by atoms with van der Waals surface area (Å²) in [6, 6.07) is 18.8. The first-order chi connectivity index (χ1) is 12.6. The molecule has 0 saturated carbocycles. The molecule has 0 unspecified atom stereocenters. The van der Waals surface area contributed by atoms with Crippen LogP contribution in [0.25, 0.3) is 16.7 Å². The Kier molecular flexibility index (Phi) is 3.55. The van der Waals surface area contributed by atoms with E-state index in [1.807, 2.05) is 41.7 Å². The van der Waals surface area contributed by atoms with Gasteiger partial charge >= 0.3 is 0 Å². The highest BCUT2D eigenvalue weighted by Crippen LogP contribution is 2.28. The van der Waals surface area contributed by atoms with E-state index < -0.39 is 5.91 Å². The van der Waals surface area contributed by atoms with E-state index in [0.717, 1.165) is 28.1 Å². The summed E-state index contributed by atoms with van der Waals surface area (Å²) in [5, 5.41) is 12.9. The van der Waals surface area contributed by atoms with Gasteiger partial charge in [0.05, 0.1) is 16.6 Å². The Morgan fingerprint density at radius 2 is 1.92 bits per heavy atom. The van der Waals surface area contributed by atoms with E-state index >= 15 is 0 Å². The van der Waals surface area contributed by atoms with Gasteiger partial charge in [0, 0.05) is 11.3 Å². The van der Waals surface area contributed by atoms with Gasteiger partial charge in [-0.2, -0.15) is 5.26 Å². The molecule has 1 amide bonds. The Hall–Kier alpha value is -3.85. The second-order valence-electron chi connectivity index (χ2n) is 6.03. The third-order valence-electron chi connectivity index (χ3n) is 4.33. The number of nitrogens with zero attached hydrogens (tertiary/aromatic N) is 3. The van der Waals surface area contributed by atoms with E-state index in [4.69, 9.17) is 5.73 Å². The lowest BCUT2D eigenvalue weighted by atomic mass is 10.1. The number of rotatable bonds is 3. The Morgan fingerprint density at radius 3 is 2.62 bits per heavy atom.